The van der Waals surface area contributed by atoms with E-state index in [1.54, 1.807) is 0 Å². The molecule has 0 bridgehead atoms. The summed E-state index contributed by atoms with van der Waals surface area (Å²) < 4.78 is 0. The van der Waals surface area contributed by atoms with Crippen molar-refractivity contribution >= 4 is 5.78 Å². The summed E-state index contributed by atoms with van der Waals surface area (Å²) in [5.41, 5.74) is 0. The summed E-state index contributed by atoms with van der Waals surface area (Å²) in [7, 11) is 0. The van der Waals surface area contributed by atoms with Crippen molar-refractivity contribution in [3.8, 4) is 0 Å². The minimum absolute atomic E-state index is 0.302. The zero-order chi connectivity index (χ0) is 10.8. The summed E-state index contributed by atoms with van der Waals surface area (Å²) in [6, 6.07) is 0. The van der Waals surface area contributed by atoms with E-state index >= 15 is 0 Å². The third-order valence-corrected chi connectivity index (χ3v) is 2.82. The number of hydrogen-bond acceptors (Lipinski definition) is 1. The van der Waals surface area contributed by atoms with Gasteiger partial charge in [-0.15, -0.1) is 0 Å². The van der Waals surface area contributed by atoms with Crippen LogP contribution in [0.3, 0.4) is 0 Å². The monoisotopic (exact) mass is 198 g/mol. The molecule has 1 atom stereocenters. The Morgan fingerprint density at radius 3 is 2.21 bits per heavy atom. The normalized spacial score (nSPS) is 12.8. The number of unbranched alkanes of at least 4 members (excludes halogenated alkanes) is 4. The highest BCUT2D eigenvalue weighted by Gasteiger charge is 2.10. The molecule has 0 N–H and O–H groups in total. The standard InChI is InChI=1S/C13H26O/c1-4-6-8-9-11-13(14)12(3)10-7-5-2/h12H,4-11H2,1-3H3. The topological polar surface area (TPSA) is 17.1 Å². The molecule has 0 aliphatic rings. The fourth-order valence-corrected chi connectivity index (χ4v) is 1.64. The van der Waals surface area contributed by atoms with Crippen molar-refractivity contribution in [3.05, 3.63) is 0 Å². The van der Waals surface area contributed by atoms with Crippen LogP contribution in [0.4, 0.5) is 0 Å². The molecule has 0 amide bonds. The van der Waals surface area contributed by atoms with Gasteiger partial charge in [-0.2, -0.15) is 0 Å². The maximum absolute atomic E-state index is 11.6. The predicted octanol–water partition coefficient (Wildman–Crippen LogP) is 4.35. The van der Waals surface area contributed by atoms with E-state index in [4.69, 9.17) is 0 Å². The highest BCUT2D eigenvalue weighted by Crippen LogP contribution is 2.13. The summed E-state index contributed by atoms with van der Waals surface area (Å²) in [5, 5.41) is 0. The molecule has 0 heterocycles. The van der Waals surface area contributed by atoms with Crippen molar-refractivity contribution in [3.63, 3.8) is 0 Å². The van der Waals surface area contributed by atoms with E-state index < -0.39 is 0 Å². The Morgan fingerprint density at radius 1 is 1.00 bits per heavy atom. The van der Waals surface area contributed by atoms with Crippen LogP contribution in [0.5, 0.6) is 0 Å². The average Bonchev–Trinajstić information content (AvgIpc) is 2.20. The first-order valence-electron chi connectivity index (χ1n) is 6.25. The van der Waals surface area contributed by atoms with Gasteiger partial charge in [-0.05, 0) is 12.8 Å². The van der Waals surface area contributed by atoms with Gasteiger partial charge >= 0.3 is 0 Å². The second-order valence-electron chi connectivity index (χ2n) is 4.32. The molecule has 0 spiro atoms. The summed E-state index contributed by atoms with van der Waals surface area (Å²) in [6.07, 6.45) is 9.14. The van der Waals surface area contributed by atoms with Gasteiger partial charge in [0.1, 0.15) is 5.78 Å². The Kier molecular flexibility index (Phi) is 9.02. The predicted molar refractivity (Wildman–Crippen MR) is 62.5 cm³/mol. The minimum atomic E-state index is 0.302. The van der Waals surface area contributed by atoms with Crippen LogP contribution in [0.1, 0.15) is 72.1 Å². The Morgan fingerprint density at radius 2 is 1.64 bits per heavy atom. The highest BCUT2D eigenvalue weighted by atomic mass is 16.1. The van der Waals surface area contributed by atoms with Gasteiger partial charge in [-0.3, -0.25) is 4.79 Å². The van der Waals surface area contributed by atoms with E-state index in [0.717, 1.165) is 19.3 Å². The van der Waals surface area contributed by atoms with E-state index in [1.807, 2.05) is 0 Å². The summed E-state index contributed by atoms with van der Waals surface area (Å²) in [5.74, 6) is 0.783. The number of Topliss-reactive ketones (excluding diaryl/α,β-unsaturated/α-hetero) is 1. The third-order valence-electron chi connectivity index (χ3n) is 2.82. The second-order valence-corrected chi connectivity index (χ2v) is 4.32. The lowest BCUT2D eigenvalue weighted by molar-refractivity contribution is -0.122. The molecule has 0 aliphatic carbocycles. The SMILES string of the molecule is CCCCCCC(=O)C(C)CCCC. The van der Waals surface area contributed by atoms with Gasteiger partial charge in [0, 0.05) is 12.3 Å². The van der Waals surface area contributed by atoms with Gasteiger partial charge in [0.05, 0.1) is 0 Å². The molecule has 1 nitrogen and oxygen atoms in total. The van der Waals surface area contributed by atoms with Gasteiger partial charge in [0.25, 0.3) is 0 Å². The van der Waals surface area contributed by atoms with E-state index in [1.165, 1.54) is 32.1 Å². The number of carbonyl (C=O) groups excluding carboxylic acids is 1. The fourth-order valence-electron chi connectivity index (χ4n) is 1.64. The van der Waals surface area contributed by atoms with Crippen molar-refractivity contribution in [2.24, 2.45) is 5.92 Å². The van der Waals surface area contributed by atoms with Gasteiger partial charge < -0.3 is 0 Å². The van der Waals surface area contributed by atoms with Crippen molar-refractivity contribution in [1.29, 1.82) is 0 Å². The average molecular weight is 198 g/mol. The molecule has 14 heavy (non-hydrogen) atoms. The van der Waals surface area contributed by atoms with Crippen LogP contribution in [0.25, 0.3) is 0 Å². The van der Waals surface area contributed by atoms with Crippen molar-refractivity contribution in [2.75, 3.05) is 0 Å². The minimum Gasteiger partial charge on any atom is -0.299 e. The second kappa shape index (κ2) is 9.23. The first-order chi connectivity index (χ1) is 6.72. The largest absolute Gasteiger partial charge is 0.299 e. The molecule has 0 aromatic heterocycles. The molecule has 84 valence electrons. The van der Waals surface area contributed by atoms with Gasteiger partial charge in [0.15, 0.2) is 0 Å². The Labute approximate surface area is 89.3 Å². The molecular formula is C13H26O. The van der Waals surface area contributed by atoms with Crippen molar-refractivity contribution in [1.82, 2.24) is 0 Å². The molecule has 0 aromatic carbocycles. The molecule has 0 saturated carbocycles. The van der Waals surface area contributed by atoms with Gasteiger partial charge in [0.2, 0.25) is 0 Å². The summed E-state index contributed by atoms with van der Waals surface area (Å²) >= 11 is 0. The maximum Gasteiger partial charge on any atom is 0.135 e. The van der Waals surface area contributed by atoms with Crippen LogP contribution in [-0.4, -0.2) is 5.78 Å². The lowest BCUT2D eigenvalue weighted by Gasteiger charge is -2.08. The van der Waals surface area contributed by atoms with E-state index in [-0.39, 0.29) is 0 Å². The molecular weight excluding hydrogens is 172 g/mol. The number of rotatable bonds is 9. The molecule has 0 saturated heterocycles. The lowest BCUT2D eigenvalue weighted by Crippen LogP contribution is -2.10. The molecule has 0 aromatic rings. The molecule has 0 aliphatic heterocycles. The Balaban J connectivity index is 3.42. The Hall–Kier alpha value is -0.330. The van der Waals surface area contributed by atoms with E-state index in [2.05, 4.69) is 20.8 Å². The smallest absolute Gasteiger partial charge is 0.135 e. The molecule has 1 unspecified atom stereocenters. The van der Waals surface area contributed by atoms with Gasteiger partial charge in [-0.1, -0.05) is 52.9 Å². The zero-order valence-electron chi connectivity index (χ0n) is 10.1. The molecule has 0 rings (SSSR count). The maximum atomic E-state index is 11.6. The van der Waals surface area contributed by atoms with Crippen LogP contribution in [0, 0.1) is 5.92 Å². The van der Waals surface area contributed by atoms with Crippen LogP contribution in [-0.2, 0) is 4.79 Å². The third kappa shape index (κ3) is 7.11. The summed E-state index contributed by atoms with van der Waals surface area (Å²) in [6.45, 7) is 6.46. The van der Waals surface area contributed by atoms with Crippen LogP contribution in [0.15, 0.2) is 0 Å². The first kappa shape index (κ1) is 13.7. The van der Waals surface area contributed by atoms with E-state index in [0.29, 0.717) is 11.7 Å². The first-order valence-corrected chi connectivity index (χ1v) is 6.25. The molecule has 1 heteroatoms. The number of hydrogen-bond donors (Lipinski definition) is 0. The van der Waals surface area contributed by atoms with Crippen LogP contribution >= 0.6 is 0 Å². The van der Waals surface area contributed by atoms with Crippen LogP contribution in [0.2, 0.25) is 0 Å². The van der Waals surface area contributed by atoms with Gasteiger partial charge in [-0.25, -0.2) is 0 Å². The highest BCUT2D eigenvalue weighted by molar-refractivity contribution is 5.80. The lowest BCUT2D eigenvalue weighted by atomic mass is 9.96. The fraction of sp³-hybridized carbons (Fsp3) is 0.923. The Bertz CT molecular complexity index is 140. The summed E-state index contributed by atoms with van der Waals surface area (Å²) in [4.78, 5) is 11.6. The number of carbonyl (C=O) groups is 1. The molecule has 0 radical (unpaired) electrons. The zero-order valence-corrected chi connectivity index (χ0v) is 10.1. The van der Waals surface area contributed by atoms with Crippen LogP contribution < -0.4 is 0 Å². The molecule has 0 fully saturated rings. The van der Waals surface area contributed by atoms with E-state index in [9.17, 15) is 4.79 Å². The van der Waals surface area contributed by atoms with Crippen molar-refractivity contribution in [2.45, 2.75) is 72.1 Å². The quantitative estimate of drug-likeness (QED) is 0.503. The van der Waals surface area contributed by atoms with Crippen molar-refractivity contribution < 1.29 is 4.79 Å². The number of ketones is 1.